The van der Waals surface area contributed by atoms with Crippen molar-refractivity contribution < 1.29 is 8.42 Å². The first kappa shape index (κ1) is 15.5. The Hall–Kier alpha value is -1.90. The molecule has 0 spiro atoms. The van der Waals surface area contributed by atoms with Gasteiger partial charge in [-0.15, -0.1) is 0 Å². The lowest BCUT2D eigenvalue weighted by atomic mass is 10.2. The van der Waals surface area contributed by atoms with Crippen molar-refractivity contribution in [3.05, 3.63) is 54.1 Å². The number of thiocarbonyl (C=S) groups is 1. The molecule has 2 rings (SSSR count). The Kier molecular flexibility index (Phi) is 4.61. The van der Waals surface area contributed by atoms with Crippen LogP contribution in [0.3, 0.4) is 0 Å². The molecule has 110 valence electrons. The maximum absolute atomic E-state index is 12.3. The van der Waals surface area contributed by atoms with Gasteiger partial charge in [-0.25, -0.2) is 13.1 Å². The highest BCUT2D eigenvalue weighted by atomic mass is 32.2. The third-order valence-corrected chi connectivity index (χ3v) is 4.50. The highest BCUT2D eigenvalue weighted by molar-refractivity contribution is 7.89. The minimum absolute atomic E-state index is 0.0466. The van der Waals surface area contributed by atoms with Gasteiger partial charge >= 0.3 is 0 Å². The maximum Gasteiger partial charge on any atom is 0.242 e. The molecule has 6 nitrogen and oxygen atoms in total. The molecule has 0 aromatic carbocycles. The first-order valence-electron chi connectivity index (χ1n) is 6.09. The summed E-state index contributed by atoms with van der Waals surface area (Å²) in [6.07, 6.45) is 2.83. The molecule has 21 heavy (non-hydrogen) atoms. The summed E-state index contributed by atoms with van der Waals surface area (Å²) < 4.78 is 27.1. The Bertz CT molecular complexity index is 731. The number of nitrogens with two attached hydrogens (primary N) is 1. The van der Waals surface area contributed by atoms with E-state index in [1.54, 1.807) is 31.3 Å². The van der Waals surface area contributed by atoms with Gasteiger partial charge in [0.15, 0.2) is 0 Å². The van der Waals surface area contributed by atoms with E-state index in [1.165, 1.54) is 18.3 Å². The smallest absolute Gasteiger partial charge is 0.242 e. The predicted octanol–water partition coefficient (Wildman–Crippen LogP) is 1.15. The average molecular weight is 322 g/mol. The standard InChI is InChI=1S/C13H14N4O2S2/c1-9(11-4-2-3-7-15-11)17-21(18,19)10-5-6-12(13(14)20)16-8-10/h2-9,17H,1H3,(H2,14,20). The van der Waals surface area contributed by atoms with E-state index in [4.69, 9.17) is 18.0 Å². The lowest BCUT2D eigenvalue weighted by Gasteiger charge is -2.13. The van der Waals surface area contributed by atoms with Crippen LogP contribution < -0.4 is 10.5 Å². The lowest BCUT2D eigenvalue weighted by molar-refractivity contribution is 0.563. The van der Waals surface area contributed by atoms with Crippen molar-refractivity contribution in [3.8, 4) is 0 Å². The zero-order valence-corrected chi connectivity index (χ0v) is 12.9. The van der Waals surface area contributed by atoms with Crippen LogP contribution in [0, 0.1) is 0 Å². The summed E-state index contributed by atoms with van der Waals surface area (Å²) in [5, 5.41) is 0. The molecule has 0 aliphatic rings. The van der Waals surface area contributed by atoms with E-state index >= 15 is 0 Å². The van der Waals surface area contributed by atoms with Gasteiger partial charge in [-0.05, 0) is 31.2 Å². The van der Waals surface area contributed by atoms with E-state index in [1.807, 2.05) is 0 Å². The number of aromatic nitrogens is 2. The third-order valence-electron chi connectivity index (χ3n) is 2.76. The van der Waals surface area contributed by atoms with Gasteiger partial charge in [0.1, 0.15) is 9.88 Å². The van der Waals surface area contributed by atoms with Crippen LogP contribution in [0.15, 0.2) is 47.6 Å². The first-order chi connectivity index (χ1) is 9.90. The van der Waals surface area contributed by atoms with Gasteiger partial charge in [0.05, 0.1) is 17.4 Å². The summed E-state index contributed by atoms with van der Waals surface area (Å²) >= 11 is 4.77. The number of nitrogens with zero attached hydrogens (tertiary/aromatic N) is 2. The third kappa shape index (κ3) is 3.81. The van der Waals surface area contributed by atoms with Gasteiger partial charge in [0, 0.05) is 12.4 Å². The van der Waals surface area contributed by atoms with E-state index < -0.39 is 16.1 Å². The van der Waals surface area contributed by atoms with E-state index in [-0.39, 0.29) is 9.88 Å². The van der Waals surface area contributed by atoms with Gasteiger partial charge < -0.3 is 5.73 Å². The van der Waals surface area contributed by atoms with Crippen LogP contribution in [-0.2, 0) is 10.0 Å². The molecule has 2 aromatic rings. The van der Waals surface area contributed by atoms with Crippen molar-refractivity contribution in [2.45, 2.75) is 17.9 Å². The molecule has 2 heterocycles. The molecule has 3 N–H and O–H groups in total. The number of nitrogens with one attached hydrogen (secondary N) is 1. The normalized spacial score (nSPS) is 12.8. The second kappa shape index (κ2) is 6.25. The summed E-state index contributed by atoms with van der Waals surface area (Å²) in [5.41, 5.74) is 6.43. The zero-order valence-electron chi connectivity index (χ0n) is 11.2. The Morgan fingerprint density at radius 2 is 2.05 bits per heavy atom. The van der Waals surface area contributed by atoms with Crippen molar-refractivity contribution in [1.29, 1.82) is 0 Å². The number of hydrogen-bond donors (Lipinski definition) is 2. The van der Waals surface area contributed by atoms with Crippen molar-refractivity contribution in [1.82, 2.24) is 14.7 Å². The van der Waals surface area contributed by atoms with Gasteiger partial charge in [0.2, 0.25) is 10.0 Å². The fraction of sp³-hybridized carbons (Fsp3) is 0.154. The molecule has 0 bridgehead atoms. The Morgan fingerprint density at radius 1 is 1.29 bits per heavy atom. The molecule has 1 unspecified atom stereocenters. The van der Waals surface area contributed by atoms with Gasteiger partial charge in [0.25, 0.3) is 0 Å². The molecule has 0 aliphatic carbocycles. The molecule has 0 fully saturated rings. The second-order valence-corrected chi connectivity index (χ2v) is 6.49. The minimum Gasteiger partial charge on any atom is -0.388 e. The zero-order chi connectivity index (χ0) is 15.5. The molecular formula is C13H14N4O2S2. The van der Waals surface area contributed by atoms with Crippen LogP contribution in [0.4, 0.5) is 0 Å². The monoisotopic (exact) mass is 322 g/mol. The van der Waals surface area contributed by atoms with Gasteiger partial charge in [-0.1, -0.05) is 18.3 Å². The molecule has 0 radical (unpaired) electrons. The number of pyridine rings is 2. The van der Waals surface area contributed by atoms with Crippen molar-refractivity contribution in [2.24, 2.45) is 5.73 Å². The van der Waals surface area contributed by atoms with Crippen LogP contribution in [0.1, 0.15) is 24.4 Å². The number of sulfonamides is 1. The summed E-state index contributed by atoms with van der Waals surface area (Å²) in [5.74, 6) is 0. The fourth-order valence-corrected chi connectivity index (χ4v) is 2.96. The highest BCUT2D eigenvalue weighted by Crippen LogP contribution is 2.14. The van der Waals surface area contributed by atoms with Crippen LogP contribution in [0.25, 0.3) is 0 Å². The van der Waals surface area contributed by atoms with Crippen molar-refractivity contribution in [3.63, 3.8) is 0 Å². The Balaban J connectivity index is 2.20. The van der Waals surface area contributed by atoms with Crippen LogP contribution in [0.5, 0.6) is 0 Å². The molecule has 2 aromatic heterocycles. The van der Waals surface area contributed by atoms with Crippen LogP contribution in [-0.4, -0.2) is 23.4 Å². The first-order valence-corrected chi connectivity index (χ1v) is 7.98. The topological polar surface area (TPSA) is 98.0 Å². The van der Waals surface area contributed by atoms with E-state index in [0.29, 0.717) is 11.4 Å². The van der Waals surface area contributed by atoms with Gasteiger partial charge in [-0.3, -0.25) is 9.97 Å². The largest absolute Gasteiger partial charge is 0.388 e. The molecule has 8 heteroatoms. The Morgan fingerprint density at radius 3 is 2.57 bits per heavy atom. The van der Waals surface area contributed by atoms with Gasteiger partial charge in [-0.2, -0.15) is 0 Å². The van der Waals surface area contributed by atoms with Crippen LogP contribution >= 0.6 is 12.2 Å². The molecule has 0 saturated heterocycles. The van der Waals surface area contributed by atoms with Crippen molar-refractivity contribution in [2.75, 3.05) is 0 Å². The maximum atomic E-state index is 12.3. The van der Waals surface area contributed by atoms with E-state index in [9.17, 15) is 8.42 Å². The fourth-order valence-electron chi connectivity index (χ4n) is 1.68. The number of rotatable bonds is 5. The molecular weight excluding hydrogens is 308 g/mol. The highest BCUT2D eigenvalue weighted by Gasteiger charge is 2.19. The predicted molar refractivity (Wildman–Crippen MR) is 83.1 cm³/mol. The molecule has 0 saturated carbocycles. The molecule has 0 aliphatic heterocycles. The summed E-state index contributed by atoms with van der Waals surface area (Å²) in [6.45, 7) is 1.72. The van der Waals surface area contributed by atoms with E-state index in [0.717, 1.165) is 0 Å². The summed E-state index contributed by atoms with van der Waals surface area (Å²) in [7, 11) is -3.69. The molecule has 0 amide bonds. The van der Waals surface area contributed by atoms with E-state index in [2.05, 4.69) is 14.7 Å². The Labute approximate surface area is 128 Å². The average Bonchev–Trinajstić information content (AvgIpc) is 2.48. The summed E-state index contributed by atoms with van der Waals surface area (Å²) in [6, 6.07) is 7.75. The van der Waals surface area contributed by atoms with Crippen LogP contribution in [0.2, 0.25) is 0 Å². The molecule has 1 atom stereocenters. The lowest BCUT2D eigenvalue weighted by Crippen LogP contribution is -2.27. The quantitative estimate of drug-likeness (QED) is 0.801. The number of hydrogen-bond acceptors (Lipinski definition) is 5. The SMILES string of the molecule is CC(NS(=O)(=O)c1ccc(C(N)=S)nc1)c1ccccn1. The summed E-state index contributed by atoms with van der Waals surface area (Å²) in [4.78, 5) is 8.21. The second-order valence-electron chi connectivity index (χ2n) is 4.34. The van der Waals surface area contributed by atoms with Crippen molar-refractivity contribution >= 4 is 27.2 Å². The minimum atomic E-state index is -3.69.